The molecule has 1 aliphatic carbocycles. The molecule has 0 amide bonds. The first kappa shape index (κ1) is 12.6. The number of nitrogens with zero attached hydrogens (tertiary/aromatic N) is 1. The summed E-state index contributed by atoms with van der Waals surface area (Å²) in [5, 5.41) is 3.31. The minimum Gasteiger partial charge on any atom is -0.444 e. The summed E-state index contributed by atoms with van der Waals surface area (Å²) >= 11 is 0. The quantitative estimate of drug-likeness (QED) is 0.797. The highest BCUT2D eigenvalue weighted by Gasteiger charge is 2.66. The van der Waals surface area contributed by atoms with Crippen molar-refractivity contribution in [2.75, 3.05) is 6.54 Å². The van der Waals surface area contributed by atoms with Crippen molar-refractivity contribution in [1.82, 2.24) is 10.3 Å². The van der Waals surface area contributed by atoms with Crippen molar-refractivity contribution in [2.45, 2.75) is 53.5 Å². The van der Waals surface area contributed by atoms with Gasteiger partial charge in [0.1, 0.15) is 5.76 Å². The predicted octanol–water partition coefficient (Wildman–Crippen LogP) is 3.32. The van der Waals surface area contributed by atoms with Gasteiger partial charge in [-0.15, -0.1) is 0 Å². The second-order valence-electron chi connectivity index (χ2n) is 6.21. The maximum atomic E-state index is 5.85. The number of nitrogens with one attached hydrogen (secondary N) is 1. The van der Waals surface area contributed by atoms with Crippen LogP contribution >= 0.6 is 0 Å². The van der Waals surface area contributed by atoms with E-state index in [0.717, 1.165) is 31.2 Å². The van der Waals surface area contributed by atoms with Crippen LogP contribution in [0.1, 0.15) is 58.6 Å². The Balaban J connectivity index is 2.00. The fourth-order valence-corrected chi connectivity index (χ4v) is 2.82. The second-order valence-corrected chi connectivity index (χ2v) is 6.21. The molecular weight excluding hydrogens is 212 g/mol. The van der Waals surface area contributed by atoms with Crippen molar-refractivity contribution in [3.8, 4) is 0 Å². The molecule has 0 aromatic carbocycles. The lowest BCUT2D eigenvalue weighted by atomic mass is 10.0. The van der Waals surface area contributed by atoms with E-state index in [4.69, 9.17) is 4.42 Å². The van der Waals surface area contributed by atoms with E-state index in [9.17, 15) is 0 Å². The van der Waals surface area contributed by atoms with Crippen molar-refractivity contribution in [3.05, 3.63) is 17.8 Å². The number of hydrogen-bond donors (Lipinski definition) is 1. The standard InChI is InChI=1S/C14H24N2O/c1-6-7-15-9-11-16-8-10(17-11)12-13(2,3)14(12,4)5/h8,12,15H,6-7,9H2,1-5H3. The molecule has 3 nitrogen and oxygen atoms in total. The van der Waals surface area contributed by atoms with Crippen LogP contribution in [-0.2, 0) is 6.54 Å². The molecule has 1 fully saturated rings. The van der Waals surface area contributed by atoms with Crippen molar-refractivity contribution in [2.24, 2.45) is 10.8 Å². The Morgan fingerprint density at radius 1 is 1.29 bits per heavy atom. The lowest BCUT2D eigenvalue weighted by Crippen LogP contribution is -2.13. The number of rotatable bonds is 5. The lowest BCUT2D eigenvalue weighted by molar-refractivity contribution is 0.422. The largest absolute Gasteiger partial charge is 0.444 e. The highest BCUT2D eigenvalue weighted by atomic mass is 16.4. The molecule has 96 valence electrons. The topological polar surface area (TPSA) is 38.1 Å². The molecule has 0 spiro atoms. The van der Waals surface area contributed by atoms with Gasteiger partial charge in [-0.1, -0.05) is 34.6 Å². The highest BCUT2D eigenvalue weighted by molar-refractivity contribution is 5.27. The number of aromatic nitrogens is 1. The molecule has 0 aliphatic heterocycles. The summed E-state index contributed by atoms with van der Waals surface area (Å²) in [5.41, 5.74) is 0.640. The Morgan fingerprint density at radius 3 is 2.47 bits per heavy atom. The van der Waals surface area contributed by atoms with Gasteiger partial charge in [-0.3, -0.25) is 0 Å². The van der Waals surface area contributed by atoms with Gasteiger partial charge >= 0.3 is 0 Å². The van der Waals surface area contributed by atoms with Gasteiger partial charge in [0.15, 0.2) is 0 Å². The van der Waals surface area contributed by atoms with Crippen LogP contribution in [0.5, 0.6) is 0 Å². The minimum atomic E-state index is 0.320. The van der Waals surface area contributed by atoms with Crippen LogP contribution in [0, 0.1) is 10.8 Å². The van der Waals surface area contributed by atoms with Crippen molar-refractivity contribution >= 4 is 0 Å². The molecule has 17 heavy (non-hydrogen) atoms. The Morgan fingerprint density at radius 2 is 1.94 bits per heavy atom. The van der Waals surface area contributed by atoms with Gasteiger partial charge in [-0.25, -0.2) is 4.98 Å². The molecular formula is C14H24N2O. The third-order valence-electron chi connectivity index (χ3n) is 4.58. The number of hydrogen-bond acceptors (Lipinski definition) is 3. The van der Waals surface area contributed by atoms with Crippen LogP contribution in [-0.4, -0.2) is 11.5 Å². The van der Waals surface area contributed by atoms with Gasteiger partial charge in [0, 0.05) is 5.92 Å². The van der Waals surface area contributed by atoms with Gasteiger partial charge in [-0.2, -0.15) is 0 Å². The maximum Gasteiger partial charge on any atom is 0.208 e. The lowest BCUT2D eigenvalue weighted by Gasteiger charge is -2.03. The van der Waals surface area contributed by atoms with E-state index in [1.807, 2.05) is 6.20 Å². The van der Waals surface area contributed by atoms with E-state index < -0.39 is 0 Å². The van der Waals surface area contributed by atoms with Crippen LogP contribution in [0.15, 0.2) is 10.6 Å². The van der Waals surface area contributed by atoms with Crippen LogP contribution < -0.4 is 5.32 Å². The molecule has 1 aromatic rings. The average molecular weight is 236 g/mol. The highest BCUT2D eigenvalue weighted by Crippen LogP contribution is 2.73. The van der Waals surface area contributed by atoms with Gasteiger partial charge in [0.05, 0.1) is 12.7 Å². The zero-order chi connectivity index (χ0) is 12.7. The van der Waals surface area contributed by atoms with E-state index in [1.54, 1.807) is 0 Å². The normalized spacial score (nSPS) is 21.7. The third kappa shape index (κ3) is 2.01. The van der Waals surface area contributed by atoms with Crippen LogP contribution in [0.2, 0.25) is 0 Å². The summed E-state index contributed by atoms with van der Waals surface area (Å²) in [6.45, 7) is 13.1. The summed E-state index contributed by atoms with van der Waals surface area (Å²) in [7, 11) is 0. The minimum absolute atomic E-state index is 0.320. The molecule has 1 heterocycles. The van der Waals surface area contributed by atoms with Crippen molar-refractivity contribution < 1.29 is 4.42 Å². The molecule has 1 aromatic heterocycles. The first-order valence-corrected chi connectivity index (χ1v) is 6.56. The van der Waals surface area contributed by atoms with Crippen LogP contribution in [0.3, 0.4) is 0 Å². The molecule has 3 heteroatoms. The summed E-state index contributed by atoms with van der Waals surface area (Å²) in [6, 6.07) is 0. The van der Waals surface area contributed by atoms with Gasteiger partial charge in [0.2, 0.25) is 5.89 Å². The Kier molecular flexibility index (Phi) is 3.06. The first-order valence-electron chi connectivity index (χ1n) is 6.56. The van der Waals surface area contributed by atoms with Crippen molar-refractivity contribution in [3.63, 3.8) is 0 Å². The third-order valence-corrected chi connectivity index (χ3v) is 4.58. The van der Waals surface area contributed by atoms with Crippen LogP contribution in [0.25, 0.3) is 0 Å². The van der Waals surface area contributed by atoms with E-state index in [1.165, 1.54) is 0 Å². The Hall–Kier alpha value is -0.830. The predicted molar refractivity (Wildman–Crippen MR) is 68.8 cm³/mol. The van der Waals surface area contributed by atoms with E-state index in [0.29, 0.717) is 16.7 Å². The van der Waals surface area contributed by atoms with E-state index in [-0.39, 0.29) is 0 Å². The Bertz CT molecular complexity index is 379. The van der Waals surface area contributed by atoms with Crippen LogP contribution in [0.4, 0.5) is 0 Å². The summed E-state index contributed by atoms with van der Waals surface area (Å²) in [4.78, 5) is 4.35. The fraction of sp³-hybridized carbons (Fsp3) is 0.786. The monoisotopic (exact) mass is 236 g/mol. The van der Waals surface area contributed by atoms with Gasteiger partial charge in [-0.05, 0) is 23.8 Å². The molecule has 0 radical (unpaired) electrons. The molecule has 0 unspecified atom stereocenters. The summed E-state index contributed by atoms with van der Waals surface area (Å²) < 4.78 is 5.85. The van der Waals surface area contributed by atoms with Gasteiger partial charge < -0.3 is 9.73 Å². The zero-order valence-corrected chi connectivity index (χ0v) is 11.6. The average Bonchev–Trinajstić information content (AvgIpc) is 2.60. The summed E-state index contributed by atoms with van der Waals surface area (Å²) in [5.74, 6) is 2.36. The molecule has 0 saturated heterocycles. The molecule has 1 aliphatic rings. The first-order chi connectivity index (χ1) is 7.91. The molecule has 2 rings (SSSR count). The van der Waals surface area contributed by atoms with Crippen molar-refractivity contribution in [1.29, 1.82) is 0 Å². The molecule has 1 saturated carbocycles. The van der Waals surface area contributed by atoms with E-state index >= 15 is 0 Å². The fourth-order valence-electron chi connectivity index (χ4n) is 2.82. The zero-order valence-electron chi connectivity index (χ0n) is 11.6. The maximum absolute atomic E-state index is 5.85. The molecule has 0 bridgehead atoms. The SMILES string of the molecule is CCCNCc1ncc(C2C(C)(C)C2(C)C)o1. The van der Waals surface area contributed by atoms with Gasteiger partial charge in [0.25, 0.3) is 0 Å². The smallest absolute Gasteiger partial charge is 0.208 e. The second kappa shape index (κ2) is 4.13. The molecule has 0 atom stereocenters. The Labute approximate surface area is 104 Å². The molecule has 1 N–H and O–H groups in total. The van der Waals surface area contributed by atoms with E-state index in [2.05, 4.69) is 44.9 Å². The summed E-state index contributed by atoms with van der Waals surface area (Å²) in [6.07, 6.45) is 3.04. The number of oxazole rings is 1.